The van der Waals surface area contributed by atoms with Gasteiger partial charge in [0.2, 0.25) is 10.0 Å². The van der Waals surface area contributed by atoms with Crippen LogP contribution in [0.3, 0.4) is 0 Å². The second-order valence-electron chi connectivity index (χ2n) is 10.3. The predicted molar refractivity (Wildman–Crippen MR) is 165 cm³/mol. The summed E-state index contributed by atoms with van der Waals surface area (Å²) in [5, 5.41) is 0.543. The Hall–Kier alpha value is -4.51. The smallest absolute Gasteiger partial charge is 0.340 e. The Morgan fingerprint density at radius 2 is 1.73 bits per heavy atom. The zero-order chi connectivity index (χ0) is 31.4. The second kappa shape index (κ2) is 13.0. The van der Waals surface area contributed by atoms with Crippen molar-refractivity contribution in [3.05, 3.63) is 135 Å². The Morgan fingerprint density at radius 1 is 1.00 bits per heavy atom. The van der Waals surface area contributed by atoms with Gasteiger partial charge in [0, 0.05) is 29.7 Å². The number of carbonyl (C=O) groups is 2. The third-order valence-electron chi connectivity index (χ3n) is 7.20. The average molecular weight is 632 g/mol. The number of pyridine rings is 1. The highest BCUT2D eigenvalue weighted by molar-refractivity contribution is 7.89. The summed E-state index contributed by atoms with van der Waals surface area (Å²) in [6.45, 7) is 3.77. The second-order valence-corrected chi connectivity index (χ2v) is 12.7. The Kier molecular flexibility index (Phi) is 9.14. The molecule has 226 valence electrons. The van der Waals surface area contributed by atoms with E-state index in [4.69, 9.17) is 20.8 Å². The van der Waals surface area contributed by atoms with Crippen LogP contribution in [0.5, 0.6) is 0 Å². The fourth-order valence-electron chi connectivity index (χ4n) is 4.84. The molecule has 1 amide bonds. The number of sulfonamides is 1. The topological polar surface area (TPSA) is 110 Å². The highest BCUT2D eigenvalue weighted by Gasteiger charge is 2.37. The molecule has 0 spiro atoms. The molecular formula is C33H30ClN3O6S. The highest BCUT2D eigenvalue weighted by atomic mass is 35.5. The van der Waals surface area contributed by atoms with Crippen LogP contribution in [0.4, 0.5) is 0 Å². The predicted octanol–water partition coefficient (Wildman–Crippen LogP) is 5.90. The van der Waals surface area contributed by atoms with Gasteiger partial charge in [0.05, 0.1) is 36.2 Å². The zero-order valence-electron chi connectivity index (χ0n) is 24.4. The van der Waals surface area contributed by atoms with Gasteiger partial charge in [0.15, 0.2) is 0 Å². The minimum Gasteiger partial charge on any atom is -0.465 e. The Morgan fingerprint density at radius 3 is 2.39 bits per heavy atom. The first-order valence-electron chi connectivity index (χ1n) is 13.7. The van der Waals surface area contributed by atoms with Crippen molar-refractivity contribution in [3.8, 4) is 0 Å². The fourth-order valence-corrected chi connectivity index (χ4v) is 6.36. The summed E-state index contributed by atoms with van der Waals surface area (Å²) < 4.78 is 39.8. The van der Waals surface area contributed by atoms with E-state index in [0.29, 0.717) is 16.5 Å². The van der Waals surface area contributed by atoms with Gasteiger partial charge in [-0.15, -0.1) is 0 Å². The SMILES string of the molecule is COC(=O)C1=C(C)N(Cc2cccnc2)C(=O)/C1=C/c1ccc(CN(Cc2ccc(Cl)cc2)S(=O)(=O)c2ccc(C)cc2)o1. The summed E-state index contributed by atoms with van der Waals surface area (Å²) in [5.41, 5.74) is 3.17. The maximum absolute atomic E-state index is 13.8. The van der Waals surface area contributed by atoms with Crippen molar-refractivity contribution in [1.82, 2.24) is 14.2 Å². The van der Waals surface area contributed by atoms with E-state index in [1.165, 1.54) is 22.4 Å². The first-order chi connectivity index (χ1) is 21.1. The summed E-state index contributed by atoms with van der Waals surface area (Å²) in [7, 11) is -2.67. The molecule has 0 unspecified atom stereocenters. The molecule has 1 aliphatic heterocycles. The maximum atomic E-state index is 13.8. The van der Waals surface area contributed by atoms with Crippen LogP contribution in [0.2, 0.25) is 5.02 Å². The number of allylic oxidation sites excluding steroid dienone is 1. The van der Waals surface area contributed by atoms with Crippen LogP contribution in [0.15, 0.2) is 111 Å². The van der Waals surface area contributed by atoms with Crippen LogP contribution in [-0.4, -0.2) is 41.6 Å². The van der Waals surface area contributed by atoms with Gasteiger partial charge in [-0.1, -0.05) is 47.5 Å². The van der Waals surface area contributed by atoms with E-state index in [2.05, 4.69) is 4.98 Å². The lowest BCUT2D eigenvalue weighted by molar-refractivity contribution is -0.136. The van der Waals surface area contributed by atoms with Crippen molar-refractivity contribution in [3.63, 3.8) is 0 Å². The monoisotopic (exact) mass is 631 g/mol. The van der Waals surface area contributed by atoms with Crippen molar-refractivity contribution >= 4 is 39.6 Å². The van der Waals surface area contributed by atoms with E-state index in [-0.39, 0.29) is 41.4 Å². The Balaban J connectivity index is 1.45. The number of amides is 1. The number of aryl methyl sites for hydroxylation is 1. The van der Waals surface area contributed by atoms with Gasteiger partial charge in [-0.3, -0.25) is 9.78 Å². The van der Waals surface area contributed by atoms with Crippen LogP contribution < -0.4 is 0 Å². The number of hydrogen-bond acceptors (Lipinski definition) is 7. The molecule has 44 heavy (non-hydrogen) atoms. The van der Waals surface area contributed by atoms with Gasteiger partial charge in [-0.25, -0.2) is 13.2 Å². The van der Waals surface area contributed by atoms with E-state index in [9.17, 15) is 18.0 Å². The molecule has 0 radical (unpaired) electrons. The van der Waals surface area contributed by atoms with Gasteiger partial charge in [-0.2, -0.15) is 4.31 Å². The normalized spacial score (nSPS) is 14.6. The quantitative estimate of drug-likeness (QED) is 0.158. The lowest BCUT2D eigenvalue weighted by Gasteiger charge is -2.21. The number of furan rings is 1. The van der Waals surface area contributed by atoms with E-state index < -0.39 is 21.9 Å². The summed E-state index contributed by atoms with van der Waals surface area (Å²) in [6.07, 6.45) is 4.77. The van der Waals surface area contributed by atoms with Gasteiger partial charge in [0.25, 0.3) is 5.91 Å². The number of aromatic nitrogens is 1. The first-order valence-corrected chi connectivity index (χ1v) is 15.5. The van der Waals surface area contributed by atoms with Crippen molar-refractivity contribution in [2.75, 3.05) is 7.11 Å². The summed E-state index contributed by atoms with van der Waals surface area (Å²) >= 11 is 6.04. The molecule has 3 heterocycles. The molecule has 2 aromatic carbocycles. The number of benzene rings is 2. The van der Waals surface area contributed by atoms with Gasteiger partial charge in [-0.05, 0) is 73.5 Å². The minimum absolute atomic E-state index is 0.0702. The molecule has 0 atom stereocenters. The number of carbonyl (C=O) groups excluding carboxylic acids is 2. The number of nitrogens with zero attached hydrogens (tertiary/aromatic N) is 3. The number of rotatable bonds is 10. The molecule has 9 nitrogen and oxygen atoms in total. The summed E-state index contributed by atoms with van der Waals surface area (Å²) in [4.78, 5) is 32.0. The summed E-state index contributed by atoms with van der Waals surface area (Å²) in [6, 6.07) is 20.5. The molecule has 0 aliphatic carbocycles. The van der Waals surface area contributed by atoms with Gasteiger partial charge in [0.1, 0.15) is 11.5 Å². The largest absolute Gasteiger partial charge is 0.465 e. The van der Waals surface area contributed by atoms with Gasteiger partial charge < -0.3 is 14.1 Å². The molecule has 11 heteroatoms. The molecule has 1 aliphatic rings. The van der Waals surface area contributed by atoms with Crippen LogP contribution in [0.1, 0.15) is 35.1 Å². The lowest BCUT2D eigenvalue weighted by Crippen LogP contribution is -2.30. The van der Waals surface area contributed by atoms with E-state index in [1.54, 1.807) is 86.0 Å². The lowest BCUT2D eigenvalue weighted by atomic mass is 10.1. The number of halogens is 1. The number of ether oxygens (including phenoxy) is 1. The van der Waals surface area contributed by atoms with Crippen molar-refractivity contribution in [2.24, 2.45) is 0 Å². The van der Waals surface area contributed by atoms with Crippen molar-refractivity contribution in [1.29, 1.82) is 0 Å². The molecule has 4 aromatic rings. The van der Waals surface area contributed by atoms with E-state index in [0.717, 1.165) is 16.7 Å². The third kappa shape index (κ3) is 6.67. The minimum atomic E-state index is -3.92. The fraction of sp³-hybridized carbons (Fsp3) is 0.182. The average Bonchev–Trinajstić information content (AvgIpc) is 3.55. The standard InChI is InChI=1S/C33H30ClN3O6S/c1-22-6-14-29(15-7-22)44(40,41)36(19-24-8-10-26(34)11-9-24)21-28-13-12-27(43-28)17-30-31(33(39)42-3)23(2)37(32(30)38)20-25-5-4-16-35-18-25/h4-18H,19-21H2,1-3H3/b30-17+. The summed E-state index contributed by atoms with van der Waals surface area (Å²) in [5.74, 6) is -0.420. The van der Waals surface area contributed by atoms with Crippen LogP contribution in [0, 0.1) is 6.92 Å². The number of esters is 1. The zero-order valence-corrected chi connectivity index (χ0v) is 25.9. The first kappa shape index (κ1) is 30.9. The van der Waals surface area contributed by atoms with Crippen LogP contribution in [0.25, 0.3) is 6.08 Å². The molecule has 0 saturated heterocycles. The maximum Gasteiger partial charge on any atom is 0.340 e. The van der Waals surface area contributed by atoms with E-state index >= 15 is 0 Å². The van der Waals surface area contributed by atoms with Crippen LogP contribution >= 0.6 is 11.6 Å². The van der Waals surface area contributed by atoms with Crippen molar-refractivity contribution in [2.45, 2.75) is 38.4 Å². The molecule has 0 bridgehead atoms. The number of hydrogen-bond donors (Lipinski definition) is 0. The molecule has 5 rings (SSSR count). The van der Waals surface area contributed by atoms with E-state index in [1.807, 2.05) is 13.0 Å². The molecular weight excluding hydrogens is 602 g/mol. The Labute approximate surface area is 261 Å². The molecule has 0 fully saturated rings. The highest BCUT2D eigenvalue weighted by Crippen LogP contribution is 2.33. The van der Waals surface area contributed by atoms with Crippen molar-refractivity contribution < 1.29 is 27.2 Å². The molecule has 2 aromatic heterocycles. The molecule has 0 N–H and O–H groups in total. The molecule has 0 saturated carbocycles. The van der Waals surface area contributed by atoms with Gasteiger partial charge >= 0.3 is 5.97 Å². The Bertz CT molecular complexity index is 1850. The number of methoxy groups -OCH3 is 1. The van der Waals surface area contributed by atoms with Crippen LogP contribution in [-0.2, 0) is 44.0 Å². The third-order valence-corrected chi connectivity index (χ3v) is 9.25.